The van der Waals surface area contributed by atoms with Gasteiger partial charge in [-0.25, -0.2) is 13.4 Å². The number of aromatic nitrogens is 2. The van der Waals surface area contributed by atoms with E-state index in [1.54, 1.807) is 11.5 Å². The van der Waals surface area contributed by atoms with Crippen molar-refractivity contribution in [3.8, 4) is 0 Å². The van der Waals surface area contributed by atoms with E-state index in [4.69, 9.17) is 9.94 Å². The maximum Gasteiger partial charge on any atom is 0.416 e. The molecule has 0 saturated heterocycles. The molecule has 3 rings (SSSR count). The predicted molar refractivity (Wildman–Crippen MR) is 163 cm³/mol. The molecule has 1 heterocycles. The first-order chi connectivity index (χ1) is 20.9. The number of hydrogen-bond donors (Lipinski definition) is 3. The van der Waals surface area contributed by atoms with Crippen LogP contribution < -0.4 is 5.32 Å². The molecule has 0 saturated carbocycles. The van der Waals surface area contributed by atoms with Crippen molar-refractivity contribution in [2.75, 3.05) is 25.6 Å². The summed E-state index contributed by atoms with van der Waals surface area (Å²) in [6.07, 6.45) is -4.70. The number of rotatable bonds is 12. The van der Waals surface area contributed by atoms with Gasteiger partial charge in [-0.2, -0.15) is 13.2 Å². The number of sulfone groups is 1. The number of halogens is 3. The van der Waals surface area contributed by atoms with Gasteiger partial charge in [0, 0.05) is 17.7 Å². The molecular weight excluding hydrogens is 613 g/mol. The van der Waals surface area contributed by atoms with Crippen LogP contribution in [-0.2, 0) is 32.8 Å². The second-order valence-corrected chi connectivity index (χ2v) is 13.8. The quantitative estimate of drug-likeness (QED) is 0.148. The summed E-state index contributed by atoms with van der Waals surface area (Å²) < 4.78 is 68.7. The molecule has 0 fully saturated rings. The summed E-state index contributed by atoms with van der Waals surface area (Å²) in [5, 5.41) is 25.4. The molecule has 3 N–H and O–H groups in total. The third kappa shape index (κ3) is 8.50. The Bertz CT molecular complexity index is 1640. The zero-order valence-electron chi connectivity index (χ0n) is 26.1. The molecule has 0 unspecified atom stereocenters. The minimum Gasteiger partial charge on any atom is -0.394 e. The molecule has 246 valence electrons. The van der Waals surface area contributed by atoms with Crippen LogP contribution in [0.1, 0.15) is 84.9 Å². The topological polar surface area (TPSA) is 143 Å². The summed E-state index contributed by atoms with van der Waals surface area (Å²) in [5.74, 6) is -0.345. The molecule has 0 aliphatic carbocycles. The predicted octanol–water partition coefficient (Wildman–Crippen LogP) is 4.55. The Morgan fingerprint density at radius 2 is 1.76 bits per heavy atom. The maximum atomic E-state index is 14.3. The monoisotopic (exact) mass is 652 g/mol. The molecule has 14 heteroatoms. The third-order valence-corrected chi connectivity index (χ3v) is 8.91. The van der Waals surface area contributed by atoms with E-state index < -0.39 is 45.5 Å². The van der Waals surface area contributed by atoms with Crippen LogP contribution in [-0.4, -0.2) is 65.4 Å². The number of aliphatic hydroxyl groups excluding tert-OH is 2. The number of carbonyl (C=O) groups is 1. The van der Waals surface area contributed by atoms with Crippen LogP contribution in [0.2, 0.25) is 0 Å². The second kappa shape index (κ2) is 14.1. The Kier molecular flexibility index (Phi) is 11.2. The number of aliphatic hydroxyl groups is 2. The van der Waals surface area contributed by atoms with Crippen LogP contribution in [0.4, 0.5) is 13.2 Å². The summed E-state index contributed by atoms with van der Waals surface area (Å²) in [4.78, 5) is 23.0. The summed E-state index contributed by atoms with van der Waals surface area (Å²) in [6.45, 7) is 8.99. The number of alkyl halides is 3. The molecule has 10 nitrogen and oxygen atoms in total. The fourth-order valence-corrected chi connectivity index (χ4v) is 5.54. The third-order valence-electron chi connectivity index (χ3n) is 7.16. The van der Waals surface area contributed by atoms with Crippen LogP contribution in [0.3, 0.4) is 0 Å². The molecule has 2 aromatic carbocycles. The van der Waals surface area contributed by atoms with Crippen LogP contribution >= 0.6 is 0 Å². The molecule has 45 heavy (non-hydrogen) atoms. The summed E-state index contributed by atoms with van der Waals surface area (Å²) in [6, 6.07) is 8.74. The van der Waals surface area contributed by atoms with E-state index in [1.165, 1.54) is 50.2 Å². The molecule has 0 spiro atoms. The molecule has 0 radical (unpaired) electrons. The van der Waals surface area contributed by atoms with Gasteiger partial charge in [-0.3, -0.25) is 4.79 Å². The molecule has 1 aromatic heterocycles. The van der Waals surface area contributed by atoms with Crippen LogP contribution in [0.15, 0.2) is 52.5 Å². The van der Waals surface area contributed by atoms with Gasteiger partial charge in [0.05, 0.1) is 41.2 Å². The van der Waals surface area contributed by atoms with Crippen molar-refractivity contribution in [1.29, 1.82) is 0 Å². The molecule has 0 aliphatic rings. The molecule has 0 bridgehead atoms. The van der Waals surface area contributed by atoms with Crippen molar-refractivity contribution in [3.63, 3.8) is 0 Å². The SMILES string of the molecule is CCS(=O)(=O)c1ccc([C@@H](CO)NC(=O)c2nc(C(C)(C)C)n(Cc3ccc(/C(C)=N\OCCO)cc3C(F)(F)F)c2C)cc1. The van der Waals surface area contributed by atoms with Gasteiger partial charge in [0.2, 0.25) is 0 Å². The summed E-state index contributed by atoms with van der Waals surface area (Å²) in [7, 11) is -3.44. The number of benzene rings is 2. The van der Waals surface area contributed by atoms with Gasteiger partial charge >= 0.3 is 6.18 Å². The number of hydrogen-bond acceptors (Lipinski definition) is 8. The minimum atomic E-state index is -4.70. The van der Waals surface area contributed by atoms with Crippen LogP contribution in [0.5, 0.6) is 0 Å². The Morgan fingerprint density at radius 3 is 2.29 bits per heavy atom. The van der Waals surface area contributed by atoms with E-state index in [0.717, 1.165) is 6.07 Å². The zero-order valence-corrected chi connectivity index (χ0v) is 26.9. The number of nitrogens with zero attached hydrogens (tertiary/aromatic N) is 3. The van der Waals surface area contributed by atoms with Gasteiger partial charge in [-0.05, 0) is 48.7 Å². The van der Waals surface area contributed by atoms with Crippen molar-refractivity contribution < 1.29 is 41.4 Å². The van der Waals surface area contributed by atoms with Crippen molar-refractivity contribution in [1.82, 2.24) is 14.9 Å². The first-order valence-electron chi connectivity index (χ1n) is 14.2. The zero-order chi connectivity index (χ0) is 33.7. The van der Waals surface area contributed by atoms with Crippen molar-refractivity contribution in [2.24, 2.45) is 5.16 Å². The minimum absolute atomic E-state index is 0.0160. The second-order valence-electron chi connectivity index (χ2n) is 11.5. The van der Waals surface area contributed by atoms with Crippen LogP contribution in [0.25, 0.3) is 0 Å². The summed E-state index contributed by atoms with van der Waals surface area (Å²) >= 11 is 0. The summed E-state index contributed by atoms with van der Waals surface area (Å²) in [5.41, 5.74) is -0.431. The Labute approximate surface area is 260 Å². The van der Waals surface area contributed by atoms with E-state index in [1.807, 2.05) is 20.8 Å². The molecule has 3 aromatic rings. The lowest BCUT2D eigenvalue weighted by atomic mass is 9.95. The highest BCUT2D eigenvalue weighted by molar-refractivity contribution is 7.91. The van der Waals surface area contributed by atoms with Gasteiger partial charge in [0.25, 0.3) is 5.91 Å². The largest absolute Gasteiger partial charge is 0.416 e. The lowest BCUT2D eigenvalue weighted by molar-refractivity contribution is -0.138. The number of oxime groups is 1. The van der Waals surface area contributed by atoms with E-state index in [9.17, 15) is 31.5 Å². The standard InChI is InChI=1S/C31H39F3N4O6S/c1-7-45(42,43)24-12-10-21(11-13-24)26(18-40)35-28(41)27-20(3)38(29(36-27)30(4,5)6)17-23-9-8-22(16-25(23)31(32,33)34)19(2)37-44-15-14-39/h8-13,16,26,39-40H,7,14-15,17-18H2,1-6H3,(H,35,41)/b37-19-/t26-/m1/s1. The lowest BCUT2D eigenvalue weighted by Crippen LogP contribution is -2.31. The molecule has 1 atom stereocenters. The lowest BCUT2D eigenvalue weighted by Gasteiger charge is -2.22. The van der Waals surface area contributed by atoms with E-state index in [-0.39, 0.29) is 52.9 Å². The highest BCUT2D eigenvalue weighted by Gasteiger charge is 2.35. The van der Waals surface area contributed by atoms with Gasteiger partial charge in [0.15, 0.2) is 9.84 Å². The van der Waals surface area contributed by atoms with E-state index in [0.29, 0.717) is 17.1 Å². The van der Waals surface area contributed by atoms with E-state index >= 15 is 0 Å². The van der Waals surface area contributed by atoms with Gasteiger partial charge in [0.1, 0.15) is 18.1 Å². The Balaban J connectivity index is 2.00. The average molecular weight is 653 g/mol. The number of amides is 1. The highest BCUT2D eigenvalue weighted by atomic mass is 32.2. The van der Waals surface area contributed by atoms with Crippen molar-refractivity contribution >= 4 is 21.5 Å². The Morgan fingerprint density at radius 1 is 1.11 bits per heavy atom. The van der Waals surface area contributed by atoms with Gasteiger partial charge < -0.3 is 24.9 Å². The molecule has 0 aliphatic heterocycles. The first kappa shape index (κ1) is 35.7. The number of imidazole rings is 1. The maximum absolute atomic E-state index is 14.3. The molecule has 1 amide bonds. The number of nitrogens with one attached hydrogen (secondary N) is 1. The Hall–Kier alpha value is -3.75. The number of carbonyl (C=O) groups excluding carboxylic acids is 1. The smallest absolute Gasteiger partial charge is 0.394 e. The van der Waals surface area contributed by atoms with Gasteiger partial charge in [-0.15, -0.1) is 0 Å². The first-order valence-corrected chi connectivity index (χ1v) is 15.9. The highest BCUT2D eigenvalue weighted by Crippen LogP contribution is 2.35. The average Bonchev–Trinajstić information content (AvgIpc) is 3.31. The normalized spacial score (nSPS) is 13.5. The van der Waals surface area contributed by atoms with E-state index in [2.05, 4.69) is 15.5 Å². The van der Waals surface area contributed by atoms with Crippen molar-refractivity contribution in [3.05, 3.63) is 81.9 Å². The van der Waals surface area contributed by atoms with Crippen molar-refractivity contribution in [2.45, 2.75) is 70.6 Å². The van der Waals surface area contributed by atoms with Crippen LogP contribution in [0, 0.1) is 6.92 Å². The fraction of sp³-hybridized carbons (Fsp3) is 0.452. The fourth-order valence-electron chi connectivity index (χ4n) is 4.66. The molecular formula is C31H39F3N4O6S. The van der Waals surface area contributed by atoms with Gasteiger partial charge in [-0.1, -0.05) is 57.1 Å².